The summed E-state index contributed by atoms with van der Waals surface area (Å²) in [7, 11) is 0. The Balaban J connectivity index is 1.28. The number of aryl methyl sites for hydroxylation is 2. The first-order chi connectivity index (χ1) is 15.0. The first kappa shape index (κ1) is 21.4. The Kier molecular flexibility index (Phi) is 6.56. The smallest absolute Gasteiger partial charge is 0.408 e. The Hall–Kier alpha value is -2.86. The molecule has 0 aliphatic carbocycles. The highest BCUT2D eigenvalue weighted by molar-refractivity contribution is 5.96. The molecule has 0 radical (unpaired) electrons. The molecule has 0 saturated carbocycles. The van der Waals surface area contributed by atoms with Crippen LogP contribution >= 0.6 is 0 Å². The Morgan fingerprint density at radius 3 is 2.52 bits per heavy atom. The summed E-state index contributed by atoms with van der Waals surface area (Å²) in [5, 5.41) is 0. The zero-order chi connectivity index (χ0) is 21.8. The lowest BCUT2D eigenvalue weighted by molar-refractivity contribution is 0.101. The first-order valence-corrected chi connectivity index (χ1v) is 11.2. The van der Waals surface area contributed by atoms with Gasteiger partial charge >= 0.3 is 5.76 Å². The second-order valence-corrected chi connectivity index (χ2v) is 8.48. The van der Waals surface area contributed by atoms with Gasteiger partial charge in [0.15, 0.2) is 11.4 Å². The van der Waals surface area contributed by atoms with Crippen molar-refractivity contribution in [3.63, 3.8) is 0 Å². The van der Waals surface area contributed by atoms with Crippen molar-refractivity contribution in [2.24, 2.45) is 0 Å². The van der Waals surface area contributed by atoms with Gasteiger partial charge in [-0.1, -0.05) is 17.7 Å². The SMILES string of the molecule is CC(=O)c1ccc2c(c1)oc(=O)n2CCCCN1CCCN(c2ccc(C)cc2)CC1. The molecular formula is C25H31N3O3. The Labute approximate surface area is 183 Å². The highest BCUT2D eigenvalue weighted by Crippen LogP contribution is 2.18. The number of hydrogen-bond acceptors (Lipinski definition) is 5. The Bertz CT molecular complexity index is 1100. The van der Waals surface area contributed by atoms with Gasteiger partial charge in [0, 0.05) is 37.4 Å². The van der Waals surface area contributed by atoms with Gasteiger partial charge in [-0.15, -0.1) is 0 Å². The van der Waals surface area contributed by atoms with Crippen molar-refractivity contribution in [3.05, 3.63) is 64.1 Å². The van der Waals surface area contributed by atoms with Crippen LogP contribution in [0.25, 0.3) is 11.1 Å². The minimum absolute atomic E-state index is 0.0318. The van der Waals surface area contributed by atoms with Crippen molar-refractivity contribution in [2.75, 3.05) is 37.6 Å². The molecular weight excluding hydrogens is 390 g/mol. The third-order valence-electron chi connectivity index (χ3n) is 6.17. The molecule has 1 aromatic heterocycles. The molecule has 1 aliphatic heterocycles. The number of fused-ring (bicyclic) bond motifs is 1. The minimum atomic E-state index is -0.348. The molecule has 0 amide bonds. The van der Waals surface area contributed by atoms with Crippen LogP contribution in [0.15, 0.2) is 51.7 Å². The maximum absolute atomic E-state index is 12.2. The number of benzene rings is 2. The van der Waals surface area contributed by atoms with Crippen molar-refractivity contribution in [2.45, 2.75) is 39.7 Å². The molecule has 0 N–H and O–H groups in total. The number of Topliss-reactive ketones (excluding diaryl/α,β-unsaturated/α-hetero) is 1. The van der Waals surface area contributed by atoms with Crippen LogP contribution in [0, 0.1) is 6.92 Å². The van der Waals surface area contributed by atoms with Crippen molar-refractivity contribution in [3.8, 4) is 0 Å². The lowest BCUT2D eigenvalue weighted by atomic mass is 10.1. The van der Waals surface area contributed by atoms with Crippen molar-refractivity contribution in [1.82, 2.24) is 9.47 Å². The maximum Gasteiger partial charge on any atom is 0.419 e. The molecule has 0 bridgehead atoms. The van der Waals surface area contributed by atoms with E-state index in [-0.39, 0.29) is 11.5 Å². The van der Waals surface area contributed by atoms with Gasteiger partial charge in [-0.3, -0.25) is 9.36 Å². The predicted molar refractivity (Wildman–Crippen MR) is 124 cm³/mol. The van der Waals surface area contributed by atoms with Crippen LogP contribution in [-0.4, -0.2) is 48.0 Å². The fourth-order valence-corrected chi connectivity index (χ4v) is 4.31. The minimum Gasteiger partial charge on any atom is -0.408 e. The molecule has 2 aromatic carbocycles. The molecule has 6 heteroatoms. The van der Waals surface area contributed by atoms with E-state index in [0.29, 0.717) is 17.7 Å². The van der Waals surface area contributed by atoms with Crippen LogP contribution in [0.3, 0.4) is 0 Å². The van der Waals surface area contributed by atoms with E-state index in [1.54, 1.807) is 16.7 Å². The first-order valence-electron chi connectivity index (χ1n) is 11.2. The number of carbonyl (C=O) groups excluding carboxylic acids is 1. The third kappa shape index (κ3) is 5.07. The lowest BCUT2D eigenvalue weighted by Gasteiger charge is -2.23. The average Bonchev–Trinajstić information content (AvgIpc) is 2.91. The Morgan fingerprint density at radius 1 is 0.968 bits per heavy atom. The van der Waals surface area contributed by atoms with E-state index in [1.165, 1.54) is 18.2 Å². The number of unbranched alkanes of at least 4 members (excludes halogenated alkanes) is 1. The average molecular weight is 422 g/mol. The maximum atomic E-state index is 12.2. The molecule has 1 fully saturated rings. The molecule has 0 atom stereocenters. The van der Waals surface area contributed by atoms with Crippen molar-refractivity contribution < 1.29 is 9.21 Å². The fourth-order valence-electron chi connectivity index (χ4n) is 4.31. The van der Waals surface area contributed by atoms with Crippen LogP contribution in [-0.2, 0) is 6.54 Å². The number of carbonyl (C=O) groups is 1. The molecule has 0 unspecified atom stereocenters. The van der Waals surface area contributed by atoms with Gasteiger partial charge in [0.1, 0.15) is 0 Å². The zero-order valence-electron chi connectivity index (χ0n) is 18.5. The predicted octanol–water partition coefficient (Wildman–Crippen LogP) is 4.10. The van der Waals surface area contributed by atoms with Gasteiger partial charge in [0.2, 0.25) is 0 Å². The summed E-state index contributed by atoms with van der Waals surface area (Å²) in [5.41, 5.74) is 4.42. The van der Waals surface area contributed by atoms with Crippen LogP contribution in [0.5, 0.6) is 0 Å². The molecule has 1 aliphatic rings. The molecule has 31 heavy (non-hydrogen) atoms. The molecule has 1 saturated heterocycles. The quantitative estimate of drug-likeness (QED) is 0.425. The van der Waals surface area contributed by atoms with Gasteiger partial charge in [0.05, 0.1) is 5.52 Å². The summed E-state index contributed by atoms with van der Waals surface area (Å²) in [6, 6.07) is 14.0. The number of nitrogens with zero attached hydrogens (tertiary/aromatic N) is 3. The van der Waals surface area contributed by atoms with E-state index in [1.807, 2.05) is 6.07 Å². The summed E-state index contributed by atoms with van der Waals surface area (Å²) in [6.45, 7) is 9.64. The lowest BCUT2D eigenvalue weighted by Crippen LogP contribution is -2.31. The summed E-state index contributed by atoms with van der Waals surface area (Å²) < 4.78 is 7.04. The zero-order valence-corrected chi connectivity index (χ0v) is 18.5. The van der Waals surface area contributed by atoms with Gasteiger partial charge in [-0.25, -0.2) is 4.79 Å². The number of aromatic nitrogens is 1. The van der Waals surface area contributed by atoms with Crippen LogP contribution in [0.1, 0.15) is 42.1 Å². The van der Waals surface area contributed by atoms with Crippen molar-refractivity contribution in [1.29, 1.82) is 0 Å². The Morgan fingerprint density at radius 2 is 1.74 bits per heavy atom. The molecule has 4 rings (SSSR count). The topological polar surface area (TPSA) is 58.7 Å². The van der Waals surface area contributed by atoms with Gasteiger partial charge < -0.3 is 14.2 Å². The van der Waals surface area contributed by atoms with E-state index in [0.717, 1.165) is 57.5 Å². The normalized spacial score (nSPS) is 15.4. The van der Waals surface area contributed by atoms with E-state index in [2.05, 4.69) is 41.0 Å². The van der Waals surface area contributed by atoms with Crippen LogP contribution in [0.4, 0.5) is 5.69 Å². The largest absolute Gasteiger partial charge is 0.419 e. The number of hydrogen-bond donors (Lipinski definition) is 0. The molecule has 0 spiro atoms. The monoisotopic (exact) mass is 421 g/mol. The summed E-state index contributed by atoms with van der Waals surface area (Å²) in [5.74, 6) is -0.380. The number of ketones is 1. The second kappa shape index (κ2) is 9.52. The molecule has 6 nitrogen and oxygen atoms in total. The van der Waals surface area contributed by atoms with Gasteiger partial charge in [-0.05, 0) is 76.5 Å². The highest BCUT2D eigenvalue weighted by Gasteiger charge is 2.15. The second-order valence-electron chi connectivity index (χ2n) is 8.48. The summed E-state index contributed by atoms with van der Waals surface area (Å²) in [6.07, 6.45) is 3.12. The standard InChI is InChI=1S/C25H31N3O3/c1-19-6-9-22(10-7-19)27-14-5-13-26(16-17-27)12-3-4-15-28-23-11-8-21(20(2)29)18-24(23)31-25(28)30/h6-11,18H,3-5,12-17H2,1-2H3. The molecule has 164 valence electrons. The summed E-state index contributed by atoms with van der Waals surface area (Å²) in [4.78, 5) is 28.8. The van der Waals surface area contributed by atoms with E-state index < -0.39 is 0 Å². The van der Waals surface area contributed by atoms with Crippen LogP contribution in [0.2, 0.25) is 0 Å². The van der Waals surface area contributed by atoms with E-state index in [9.17, 15) is 9.59 Å². The number of anilines is 1. The highest BCUT2D eigenvalue weighted by atomic mass is 16.4. The van der Waals surface area contributed by atoms with Gasteiger partial charge in [0.25, 0.3) is 0 Å². The van der Waals surface area contributed by atoms with E-state index in [4.69, 9.17) is 4.42 Å². The molecule has 3 aromatic rings. The van der Waals surface area contributed by atoms with Crippen LogP contribution < -0.4 is 10.7 Å². The molecule has 2 heterocycles. The fraction of sp³-hybridized carbons (Fsp3) is 0.440. The summed E-state index contributed by atoms with van der Waals surface area (Å²) >= 11 is 0. The number of oxazole rings is 1. The van der Waals surface area contributed by atoms with Crippen molar-refractivity contribution >= 4 is 22.6 Å². The number of rotatable bonds is 7. The third-order valence-corrected chi connectivity index (χ3v) is 6.17. The van der Waals surface area contributed by atoms with E-state index >= 15 is 0 Å². The van der Waals surface area contributed by atoms with Gasteiger partial charge in [-0.2, -0.15) is 0 Å².